The first-order valence-corrected chi connectivity index (χ1v) is 8.68. The molecule has 1 aliphatic rings. The second-order valence-corrected chi connectivity index (χ2v) is 7.14. The summed E-state index contributed by atoms with van der Waals surface area (Å²) in [5, 5.41) is 4.07. The number of rotatable bonds is 5. The third-order valence-electron chi connectivity index (χ3n) is 3.66. The summed E-state index contributed by atoms with van der Waals surface area (Å²) in [6.45, 7) is 7.85. The van der Waals surface area contributed by atoms with Crippen molar-refractivity contribution in [2.45, 2.75) is 51.9 Å². The lowest BCUT2D eigenvalue weighted by molar-refractivity contribution is -0.137. The summed E-state index contributed by atoms with van der Waals surface area (Å²) < 4.78 is 17.9. The van der Waals surface area contributed by atoms with Crippen LogP contribution in [0.2, 0.25) is 0 Å². The number of hydrogen-bond acceptors (Lipinski definition) is 6. The van der Waals surface area contributed by atoms with Crippen molar-refractivity contribution < 1.29 is 23.8 Å². The lowest BCUT2D eigenvalue weighted by Crippen LogP contribution is -2.39. The molecule has 0 bridgehead atoms. The van der Waals surface area contributed by atoms with Crippen molar-refractivity contribution in [2.75, 3.05) is 13.2 Å². The fourth-order valence-corrected chi connectivity index (χ4v) is 2.66. The Labute approximate surface area is 153 Å². The molecule has 1 aromatic heterocycles. The highest BCUT2D eigenvalue weighted by molar-refractivity contribution is 5.82. The van der Waals surface area contributed by atoms with Crippen molar-refractivity contribution in [1.82, 2.24) is 14.7 Å². The van der Waals surface area contributed by atoms with Crippen LogP contribution in [-0.2, 0) is 21.3 Å². The minimum absolute atomic E-state index is 0.219. The van der Waals surface area contributed by atoms with Gasteiger partial charge in [-0.15, -0.1) is 0 Å². The second kappa shape index (κ2) is 8.25. The molecule has 8 heteroatoms. The van der Waals surface area contributed by atoms with Gasteiger partial charge in [-0.3, -0.25) is 9.58 Å². The standard InChI is InChI=1S/C18H27N3O5/c1-6-24-16(22)8-7-13-9-14(25-15-10-19-20(5)11-15)12-21(13)17(23)26-18(2,3)4/h7-8,10-11,13-14H,6,9,12H2,1-5H3/b8-7+/t13-,14-/m1/s1. The van der Waals surface area contributed by atoms with Crippen LogP contribution in [0.15, 0.2) is 24.5 Å². The number of hydrogen-bond donors (Lipinski definition) is 0. The zero-order chi connectivity index (χ0) is 19.3. The molecule has 0 aromatic carbocycles. The molecule has 0 radical (unpaired) electrons. The van der Waals surface area contributed by atoms with Crippen LogP contribution in [0.25, 0.3) is 0 Å². The summed E-state index contributed by atoms with van der Waals surface area (Å²) >= 11 is 0. The van der Waals surface area contributed by atoms with Crippen molar-refractivity contribution in [1.29, 1.82) is 0 Å². The molecule has 2 atom stereocenters. The summed E-state index contributed by atoms with van der Waals surface area (Å²) in [4.78, 5) is 25.7. The van der Waals surface area contributed by atoms with Crippen LogP contribution < -0.4 is 4.74 Å². The van der Waals surface area contributed by atoms with Gasteiger partial charge in [-0.1, -0.05) is 6.08 Å². The number of amides is 1. The normalized spacial score (nSPS) is 20.4. The highest BCUT2D eigenvalue weighted by Gasteiger charge is 2.37. The highest BCUT2D eigenvalue weighted by Crippen LogP contribution is 2.25. The fraction of sp³-hybridized carbons (Fsp3) is 0.611. The average molecular weight is 365 g/mol. The largest absolute Gasteiger partial charge is 0.485 e. The maximum absolute atomic E-state index is 12.5. The van der Waals surface area contributed by atoms with E-state index in [1.165, 1.54) is 6.08 Å². The molecule has 144 valence electrons. The topological polar surface area (TPSA) is 82.9 Å². The average Bonchev–Trinajstić information content (AvgIpc) is 3.10. The van der Waals surface area contributed by atoms with Crippen LogP contribution in [0, 0.1) is 0 Å². The number of esters is 1. The molecule has 1 amide bonds. The van der Waals surface area contributed by atoms with E-state index < -0.39 is 17.7 Å². The lowest BCUT2D eigenvalue weighted by Gasteiger charge is -2.27. The van der Waals surface area contributed by atoms with Gasteiger partial charge in [0.15, 0.2) is 5.75 Å². The first kappa shape index (κ1) is 19.8. The molecule has 1 fully saturated rings. The number of nitrogens with zero attached hydrogens (tertiary/aromatic N) is 3. The van der Waals surface area contributed by atoms with Gasteiger partial charge in [0.05, 0.1) is 31.6 Å². The Morgan fingerprint density at radius 1 is 1.38 bits per heavy atom. The summed E-state index contributed by atoms with van der Waals surface area (Å²) in [6, 6.07) is -0.309. The Bertz CT molecular complexity index is 662. The zero-order valence-electron chi connectivity index (χ0n) is 16.0. The van der Waals surface area contributed by atoms with Gasteiger partial charge in [0.1, 0.15) is 11.7 Å². The van der Waals surface area contributed by atoms with Gasteiger partial charge >= 0.3 is 12.1 Å². The summed E-state index contributed by atoms with van der Waals surface area (Å²) in [5.41, 5.74) is -0.602. The van der Waals surface area contributed by atoms with Crippen LogP contribution in [0.1, 0.15) is 34.1 Å². The number of likely N-dealkylation sites (tertiary alicyclic amines) is 1. The number of ether oxygens (including phenoxy) is 3. The molecule has 1 aromatic rings. The number of aromatic nitrogens is 2. The van der Waals surface area contributed by atoms with Gasteiger partial charge in [0.25, 0.3) is 0 Å². The van der Waals surface area contributed by atoms with Crippen LogP contribution in [-0.4, -0.2) is 57.6 Å². The molecule has 26 heavy (non-hydrogen) atoms. The van der Waals surface area contributed by atoms with E-state index in [0.717, 1.165) is 0 Å². The molecule has 2 rings (SSSR count). The maximum atomic E-state index is 12.5. The van der Waals surface area contributed by atoms with Crippen molar-refractivity contribution in [2.24, 2.45) is 7.05 Å². The first-order valence-electron chi connectivity index (χ1n) is 8.68. The molecular weight excluding hydrogens is 338 g/mol. The quantitative estimate of drug-likeness (QED) is 0.588. The Morgan fingerprint density at radius 2 is 2.12 bits per heavy atom. The third kappa shape index (κ3) is 5.79. The van der Waals surface area contributed by atoms with E-state index in [1.54, 1.807) is 42.0 Å². The molecule has 0 spiro atoms. The summed E-state index contributed by atoms with van der Waals surface area (Å²) in [7, 11) is 1.80. The predicted molar refractivity (Wildman–Crippen MR) is 94.7 cm³/mol. The van der Waals surface area contributed by atoms with E-state index in [9.17, 15) is 9.59 Å². The number of carbonyl (C=O) groups excluding carboxylic acids is 2. The minimum Gasteiger partial charge on any atom is -0.485 e. The Morgan fingerprint density at radius 3 is 2.69 bits per heavy atom. The van der Waals surface area contributed by atoms with Crippen LogP contribution in [0.3, 0.4) is 0 Å². The Hall–Kier alpha value is -2.51. The van der Waals surface area contributed by atoms with Gasteiger partial charge in [0, 0.05) is 19.5 Å². The lowest BCUT2D eigenvalue weighted by atomic mass is 10.2. The van der Waals surface area contributed by atoms with Gasteiger partial charge < -0.3 is 14.2 Å². The third-order valence-corrected chi connectivity index (χ3v) is 3.66. The van der Waals surface area contributed by atoms with Gasteiger partial charge in [-0.25, -0.2) is 9.59 Å². The fourth-order valence-electron chi connectivity index (χ4n) is 2.66. The van der Waals surface area contributed by atoms with Crippen molar-refractivity contribution >= 4 is 12.1 Å². The van der Waals surface area contributed by atoms with E-state index in [1.807, 2.05) is 20.8 Å². The zero-order valence-corrected chi connectivity index (χ0v) is 16.0. The minimum atomic E-state index is -0.602. The van der Waals surface area contributed by atoms with Gasteiger partial charge in [-0.05, 0) is 27.7 Å². The molecule has 0 unspecified atom stereocenters. The Balaban J connectivity index is 2.09. The molecule has 0 N–H and O–H groups in total. The van der Waals surface area contributed by atoms with E-state index in [0.29, 0.717) is 25.3 Å². The molecule has 1 aliphatic heterocycles. The van der Waals surface area contributed by atoms with Crippen LogP contribution >= 0.6 is 0 Å². The van der Waals surface area contributed by atoms with E-state index in [-0.39, 0.29) is 12.1 Å². The van der Waals surface area contributed by atoms with E-state index >= 15 is 0 Å². The smallest absolute Gasteiger partial charge is 0.410 e. The molecule has 8 nitrogen and oxygen atoms in total. The van der Waals surface area contributed by atoms with Crippen molar-refractivity contribution in [3.63, 3.8) is 0 Å². The molecule has 0 aliphatic carbocycles. The number of aryl methyl sites for hydroxylation is 1. The van der Waals surface area contributed by atoms with Crippen molar-refractivity contribution in [3.8, 4) is 5.75 Å². The predicted octanol–water partition coefficient (Wildman–Crippen LogP) is 2.30. The summed E-state index contributed by atoms with van der Waals surface area (Å²) in [5.74, 6) is 0.199. The van der Waals surface area contributed by atoms with Crippen LogP contribution in [0.5, 0.6) is 5.75 Å². The molecule has 2 heterocycles. The summed E-state index contributed by atoms with van der Waals surface area (Å²) in [6.07, 6.45) is 6.28. The van der Waals surface area contributed by atoms with Gasteiger partial charge in [-0.2, -0.15) is 5.10 Å². The molecule has 0 saturated carbocycles. The van der Waals surface area contributed by atoms with Gasteiger partial charge in [0.2, 0.25) is 0 Å². The monoisotopic (exact) mass is 365 g/mol. The first-order chi connectivity index (χ1) is 12.2. The van der Waals surface area contributed by atoms with E-state index in [2.05, 4.69) is 5.10 Å². The SMILES string of the molecule is CCOC(=O)/C=C/[C@@H]1C[C@@H](Oc2cnn(C)c2)CN1C(=O)OC(C)(C)C. The highest BCUT2D eigenvalue weighted by atomic mass is 16.6. The molecular formula is C18H27N3O5. The van der Waals surface area contributed by atoms with Crippen molar-refractivity contribution in [3.05, 3.63) is 24.5 Å². The maximum Gasteiger partial charge on any atom is 0.410 e. The van der Waals surface area contributed by atoms with E-state index in [4.69, 9.17) is 14.2 Å². The second-order valence-electron chi connectivity index (χ2n) is 7.14. The Kier molecular flexibility index (Phi) is 6.28. The number of carbonyl (C=O) groups is 2. The molecule has 1 saturated heterocycles. The van der Waals surface area contributed by atoms with Crippen LogP contribution in [0.4, 0.5) is 4.79 Å².